The smallest absolute Gasteiger partial charge is 0.268 e. The van der Waals surface area contributed by atoms with E-state index in [1.54, 1.807) is 0 Å². The van der Waals surface area contributed by atoms with E-state index in [2.05, 4.69) is 9.47 Å². The van der Waals surface area contributed by atoms with Gasteiger partial charge in [0.2, 0.25) is 0 Å². The Kier molecular flexibility index (Phi) is 3.65. The van der Waals surface area contributed by atoms with Crippen LogP contribution in [0.5, 0.6) is 0 Å². The molecule has 2 nitrogen and oxygen atoms in total. The third-order valence-corrected chi connectivity index (χ3v) is 0.557. The van der Waals surface area contributed by atoms with Gasteiger partial charge in [-0.3, -0.25) is 0 Å². The summed E-state index contributed by atoms with van der Waals surface area (Å²) in [6, 6.07) is 0. The molecule has 4 heteroatoms. The van der Waals surface area contributed by atoms with E-state index >= 15 is 0 Å². The molecule has 0 aliphatic carbocycles. The number of hydrogen-bond donors (Lipinski definition) is 0. The average molecular weight is 140 g/mol. The Morgan fingerprint density at radius 2 is 2.00 bits per heavy atom. The molecular weight excluding hydrogens is 130 g/mol. The topological polar surface area (TPSA) is 18.5 Å². The third kappa shape index (κ3) is 7.78. The molecule has 9 heavy (non-hydrogen) atoms. The average Bonchev–Trinajstić information content (AvgIpc) is 1.63. The monoisotopic (exact) mass is 140 g/mol. The summed E-state index contributed by atoms with van der Waals surface area (Å²) in [7, 11) is 1.38. The SMILES string of the molecule is COCOCC(C)(F)F. The van der Waals surface area contributed by atoms with Gasteiger partial charge in [0.1, 0.15) is 13.4 Å². The van der Waals surface area contributed by atoms with Gasteiger partial charge in [-0.15, -0.1) is 0 Å². The first kappa shape index (κ1) is 8.78. The Morgan fingerprint density at radius 3 is 2.33 bits per heavy atom. The Balaban J connectivity index is 3.07. The van der Waals surface area contributed by atoms with Gasteiger partial charge in [-0.05, 0) is 0 Å². The maximum absolute atomic E-state index is 11.9. The van der Waals surface area contributed by atoms with Crippen LogP contribution in [0.3, 0.4) is 0 Å². The van der Waals surface area contributed by atoms with Gasteiger partial charge >= 0.3 is 0 Å². The Labute approximate surface area is 52.8 Å². The van der Waals surface area contributed by atoms with Gasteiger partial charge in [0.05, 0.1) is 0 Å². The standard InChI is InChI=1S/C5H10F2O2/c1-5(6,7)3-9-4-8-2/h3-4H2,1-2H3. The lowest BCUT2D eigenvalue weighted by Gasteiger charge is -2.08. The molecular formula is C5H10F2O2. The van der Waals surface area contributed by atoms with E-state index < -0.39 is 12.5 Å². The van der Waals surface area contributed by atoms with Crippen LogP contribution < -0.4 is 0 Å². The van der Waals surface area contributed by atoms with Crippen LogP contribution in [0.4, 0.5) is 8.78 Å². The Hall–Kier alpha value is -0.220. The Bertz CT molecular complexity index is 69.8. The van der Waals surface area contributed by atoms with Crippen molar-refractivity contribution in [2.45, 2.75) is 12.8 Å². The highest BCUT2D eigenvalue weighted by atomic mass is 19.3. The van der Waals surface area contributed by atoms with E-state index in [1.165, 1.54) is 7.11 Å². The number of hydrogen-bond acceptors (Lipinski definition) is 2. The van der Waals surface area contributed by atoms with Crippen molar-refractivity contribution in [3.05, 3.63) is 0 Å². The minimum absolute atomic E-state index is 0.0799. The van der Waals surface area contributed by atoms with Crippen LogP contribution in [0.25, 0.3) is 0 Å². The zero-order valence-electron chi connectivity index (χ0n) is 5.49. The molecule has 56 valence electrons. The lowest BCUT2D eigenvalue weighted by atomic mass is 10.4. The number of ether oxygens (including phenoxy) is 2. The van der Waals surface area contributed by atoms with E-state index in [1.807, 2.05) is 0 Å². The van der Waals surface area contributed by atoms with Crippen LogP contribution in [0.1, 0.15) is 6.92 Å². The molecule has 0 unspecified atom stereocenters. The minimum Gasteiger partial charge on any atom is -0.359 e. The van der Waals surface area contributed by atoms with Crippen molar-refractivity contribution in [1.29, 1.82) is 0 Å². The molecule has 0 radical (unpaired) electrons. The van der Waals surface area contributed by atoms with Gasteiger partial charge in [-0.2, -0.15) is 0 Å². The van der Waals surface area contributed by atoms with Crippen molar-refractivity contribution >= 4 is 0 Å². The zero-order valence-corrected chi connectivity index (χ0v) is 5.49. The van der Waals surface area contributed by atoms with Crippen LogP contribution >= 0.6 is 0 Å². The molecule has 0 saturated heterocycles. The molecule has 0 heterocycles. The van der Waals surface area contributed by atoms with Gasteiger partial charge in [-0.1, -0.05) is 0 Å². The predicted molar refractivity (Wildman–Crippen MR) is 28.4 cm³/mol. The van der Waals surface area contributed by atoms with E-state index in [0.29, 0.717) is 0 Å². The first-order valence-electron chi connectivity index (χ1n) is 2.51. The summed E-state index contributed by atoms with van der Waals surface area (Å²) >= 11 is 0. The highest BCUT2D eigenvalue weighted by Gasteiger charge is 2.20. The highest BCUT2D eigenvalue weighted by Crippen LogP contribution is 2.10. The van der Waals surface area contributed by atoms with Crippen molar-refractivity contribution in [1.82, 2.24) is 0 Å². The van der Waals surface area contributed by atoms with Gasteiger partial charge in [0.25, 0.3) is 5.92 Å². The van der Waals surface area contributed by atoms with E-state index in [4.69, 9.17) is 0 Å². The van der Waals surface area contributed by atoms with E-state index in [-0.39, 0.29) is 6.79 Å². The molecule has 0 saturated carbocycles. The minimum atomic E-state index is -2.75. The van der Waals surface area contributed by atoms with Crippen LogP contribution in [0, 0.1) is 0 Å². The summed E-state index contributed by atoms with van der Waals surface area (Å²) in [5, 5.41) is 0. The third-order valence-electron chi connectivity index (χ3n) is 0.557. The van der Waals surface area contributed by atoms with Crippen LogP contribution in [-0.4, -0.2) is 26.4 Å². The molecule has 0 amide bonds. The molecule has 0 aliphatic rings. The summed E-state index contributed by atoms with van der Waals surface area (Å²) in [6.45, 7) is 0.132. The normalized spacial score (nSPS) is 12.0. The van der Waals surface area contributed by atoms with Crippen molar-refractivity contribution in [2.24, 2.45) is 0 Å². The summed E-state index contributed by atoms with van der Waals surface area (Å²) < 4.78 is 32.5. The maximum atomic E-state index is 11.9. The van der Waals surface area contributed by atoms with Crippen molar-refractivity contribution in [3.63, 3.8) is 0 Å². The molecule has 0 fully saturated rings. The fraction of sp³-hybridized carbons (Fsp3) is 1.00. The summed E-state index contributed by atoms with van der Waals surface area (Å²) in [5.41, 5.74) is 0. The van der Waals surface area contributed by atoms with Gasteiger partial charge in [0.15, 0.2) is 0 Å². The maximum Gasteiger partial charge on any atom is 0.268 e. The number of methoxy groups -OCH3 is 1. The Morgan fingerprint density at radius 1 is 1.44 bits per heavy atom. The second-order valence-electron chi connectivity index (χ2n) is 1.83. The fourth-order valence-corrected chi connectivity index (χ4v) is 0.304. The molecule has 0 bridgehead atoms. The predicted octanol–water partition coefficient (Wildman–Crippen LogP) is 1.26. The van der Waals surface area contributed by atoms with Crippen molar-refractivity contribution in [3.8, 4) is 0 Å². The van der Waals surface area contributed by atoms with Gasteiger partial charge in [0, 0.05) is 14.0 Å². The zero-order chi connectivity index (χ0) is 7.33. The fourth-order valence-electron chi connectivity index (χ4n) is 0.304. The van der Waals surface area contributed by atoms with Crippen LogP contribution in [0.15, 0.2) is 0 Å². The van der Waals surface area contributed by atoms with Crippen LogP contribution in [-0.2, 0) is 9.47 Å². The van der Waals surface area contributed by atoms with E-state index in [9.17, 15) is 8.78 Å². The van der Waals surface area contributed by atoms with E-state index in [0.717, 1.165) is 6.92 Å². The molecule has 0 aromatic rings. The highest BCUT2D eigenvalue weighted by molar-refractivity contribution is 4.53. The molecule has 0 rings (SSSR count). The molecule has 0 spiro atoms. The molecule has 0 atom stereocenters. The molecule has 0 aromatic carbocycles. The number of halogens is 2. The second-order valence-corrected chi connectivity index (χ2v) is 1.83. The van der Waals surface area contributed by atoms with Gasteiger partial charge in [-0.25, -0.2) is 8.78 Å². The summed E-state index contributed by atoms with van der Waals surface area (Å²) in [4.78, 5) is 0. The van der Waals surface area contributed by atoms with Crippen molar-refractivity contribution in [2.75, 3.05) is 20.5 Å². The number of alkyl halides is 2. The quantitative estimate of drug-likeness (QED) is 0.432. The molecule has 0 aliphatic heterocycles. The lowest BCUT2D eigenvalue weighted by molar-refractivity contribution is -0.112. The van der Waals surface area contributed by atoms with Crippen LogP contribution in [0.2, 0.25) is 0 Å². The summed E-state index contributed by atoms with van der Waals surface area (Å²) in [6.07, 6.45) is 0. The lowest BCUT2D eigenvalue weighted by Crippen LogP contribution is -2.19. The second kappa shape index (κ2) is 3.74. The van der Waals surface area contributed by atoms with Gasteiger partial charge < -0.3 is 9.47 Å². The molecule has 0 aromatic heterocycles. The summed E-state index contributed by atoms with van der Waals surface area (Å²) in [5.74, 6) is -2.75. The largest absolute Gasteiger partial charge is 0.359 e. The van der Waals surface area contributed by atoms with Crippen molar-refractivity contribution < 1.29 is 18.3 Å². The molecule has 0 N–H and O–H groups in total. The number of rotatable bonds is 4. The first-order chi connectivity index (χ1) is 4.06. The first-order valence-corrected chi connectivity index (χ1v) is 2.51.